The predicted molar refractivity (Wildman–Crippen MR) is 101 cm³/mol. The van der Waals surface area contributed by atoms with Crippen LogP contribution in [-0.2, 0) is 0 Å². The van der Waals surface area contributed by atoms with Crippen LogP contribution in [0.15, 0.2) is 53.0 Å². The number of halogens is 1. The quantitative estimate of drug-likeness (QED) is 0.457. The van der Waals surface area contributed by atoms with Crippen LogP contribution >= 0.6 is 34.7 Å². The second-order valence-electron chi connectivity index (χ2n) is 5.05. The number of hydrogen-bond donors (Lipinski definition) is 0. The van der Waals surface area contributed by atoms with Crippen molar-refractivity contribution in [3.05, 3.63) is 52.9 Å². The van der Waals surface area contributed by atoms with Crippen LogP contribution in [0, 0.1) is 0 Å². The summed E-state index contributed by atoms with van der Waals surface area (Å²) in [6.07, 6.45) is 0. The molecule has 120 valence electrons. The second kappa shape index (κ2) is 6.55. The third kappa shape index (κ3) is 2.92. The first-order valence-corrected chi connectivity index (χ1v) is 9.69. The van der Waals surface area contributed by atoms with Crippen molar-refractivity contribution in [3.63, 3.8) is 0 Å². The van der Waals surface area contributed by atoms with Gasteiger partial charge in [-0.3, -0.25) is 0 Å². The van der Waals surface area contributed by atoms with Crippen molar-refractivity contribution in [3.8, 4) is 22.0 Å². The molecule has 7 heteroatoms. The highest BCUT2D eigenvalue weighted by Crippen LogP contribution is 2.28. The van der Waals surface area contributed by atoms with Crippen LogP contribution in [0.4, 0.5) is 0 Å². The summed E-state index contributed by atoms with van der Waals surface area (Å²) in [5, 5.41) is 8.24. The highest BCUT2D eigenvalue weighted by atomic mass is 35.5. The van der Waals surface area contributed by atoms with Crippen molar-refractivity contribution in [2.75, 3.05) is 5.75 Å². The molecule has 0 spiro atoms. The minimum atomic E-state index is 0.711. The van der Waals surface area contributed by atoms with E-state index in [-0.39, 0.29) is 0 Å². The molecule has 0 aliphatic carbocycles. The maximum Gasteiger partial charge on any atom is 0.191 e. The molecular weight excluding hydrogens is 360 g/mol. The van der Waals surface area contributed by atoms with Crippen LogP contribution in [0.5, 0.6) is 0 Å². The topological polar surface area (TPSA) is 43.1 Å². The molecule has 0 atom stereocenters. The maximum absolute atomic E-state index is 5.98. The largest absolute Gasteiger partial charge is 0.203 e. The monoisotopic (exact) mass is 372 g/mol. The number of aromatic nitrogens is 4. The molecular formula is C17H13ClN4S2. The summed E-state index contributed by atoms with van der Waals surface area (Å²) in [5.74, 6) is 1.75. The summed E-state index contributed by atoms with van der Waals surface area (Å²) in [7, 11) is 0. The van der Waals surface area contributed by atoms with Gasteiger partial charge >= 0.3 is 0 Å². The van der Waals surface area contributed by atoms with Crippen molar-refractivity contribution in [1.29, 1.82) is 0 Å². The average Bonchev–Trinajstić information content (AvgIpc) is 3.24. The van der Waals surface area contributed by atoms with Crippen LogP contribution in [0.1, 0.15) is 6.92 Å². The third-order valence-electron chi connectivity index (χ3n) is 3.46. The van der Waals surface area contributed by atoms with Gasteiger partial charge in [0.1, 0.15) is 0 Å². The number of thiophene rings is 1. The summed E-state index contributed by atoms with van der Waals surface area (Å²) in [6.45, 7) is 2.10. The number of fused-ring (bicyclic) bond motifs is 1. The Balaban J connectivity index is 1.91. The van der Waals surface area contributed by atoms with Crippen molar-refractivity contribution < 1.29 is 0 Å². The van der Waals surface area contributed by atoms with Crippen LogP contribution < -0.4 is 0 Å². The fourth-order valence-corrected chi connectivity index (χ4v) is 3.78. The molecule has 0 amide bonds. The van der Waals surface area contributed by atoms with Crippen molar-refractivity contribution in [2.45, 2.75) is 12.1 Å². The lowest BCUT2D eigenvalue weighted by Gasteiger charge is -2.04. The van der Waals surface area contributed by atoms with E-state index in [1.54, 1.807) is 23.1 Å². The fraction of sp³-hybridized carbons (Fsp3) is 0.118. The summed E-state index contributed by atoms with van der Waals surface area (Å²) in [5.41, 5.74) is 2.67. The van der Waals surface area contributed by atoms with E-state index >= 15 is 0 Å². The molecule has 3 heterocycles. The first-order valence-electron chi connectivity index (χ1n) is 7.45. The fourth-order valence-electron chi connectivity index (χ4n) is 2.39. The normalized spacial score (nSPS) is 11.2. The summed E-state index contributed by atoms with van der Waals surface area (Å²) in [4.78, 5) is 10.4. The minimum absolute atomic E-state index is 0.711. The molecule has 0 unspecified atom stereocenters. The molecule has 3 aromatic heterocycles. The smallest absolute Gasteiger partial charge is 0.191 e. The number of thioether (sulfide) groups is 1. The van der Waals surface area contributed by atoms with Crippen LogP contribution in [0.3, 0.4) is 0 Å². The first kappa shape index (κ1) is 15.6. The SMILES string of the molecule is CCSc1nc(-c2cccs2)n2nc(-c3ccc(Cl)cc3)cc2n1. The highest BCUT2D eigenvalue weighted by molar-refractivity contribution is 7.99. The predicted octanol–water partition coefficient (Wildman–Crippen LogP) is 5.29. The lowest BCUT2D eigenvalue weighted by molar-refractivity contribution is 0.850. The number of rotatable bonds is 4. The number of nitrogens with zero attached hydrogens (tertiary/aromatic N) is 4. The van der Waals surface area contributed by atoms with Gasteiger partial charge in [-0.15, -0.1) is 11.3 Å². The zero-order valence-corrected chi connectivity index (χ0v) is 15.2. The standard InChI is InChI=1S/C17H13ClN4S2/c1-2-23-17-19-15-10-13(11-5-7-12(18)8-6-11)21-22(15)16(20-17)14-4-3-9-24-14/h3-10H,2H2,1H3. The molecule has 0 aliphatic rings. The first-order chi connectivity index (χ1) is 11.7. The van der Waals surface area contributed by atoms with E-state index in [4.69, 9.17) is 21.7 Å². The van der Waals surface area contributed by atoms with Gasteiger partial charge in [0.2, 0.25) is 0 Å². The Labute approximate surface area is 152 Å². The van der Waals surface area contributed by atoms with Gasteiger partial charge in [-0.1, -0.05) is 48.5 Å². The van der Waals surface area contributed by atoms with Crippen molar-refractivity contribution in [2.24, 2.45) is 0 Å². The molecule has 24 heavy (non-hydrogen) atoms. The molecule has 4 rings (SSSR count). The minimum Gasteiger partial charge on any atom is -0.203 e. The van der Waals surface area contributed by atoms with Gasteiger partial charge in [-0.25, -0.2) is 9.97 Å². The zero-order chi connectivity index (χ0) is 16.5. The Morgan fingerprint density at radius 3 is 2.71 bits per heavy atom. The Hall–Kier alpha value is -1.89. The van der Waals surface area contributed by atoms with Crippen molar-refractivity contribution >= 4 is 40.3 Å². The van der Waals surface area contributed by atoms with Gasteiger partial charge < -0.3 is 0 Å². The van der Waals surface area contributed by atoms with Gasteiger partial charge in [0.25, 0.3) is 0 Å². The van der Waals surface area contributed by atoms with E-state index in [0.29, 0.717) is 5.02 Å². The van der Waals surface area contributed by atoms with Gasteiger partial charge in [0.15, 0.2) is 16.6 Å². The molecule has 0 saturated carbocycles. The summed E-state index contributed by atoms with van der Waals surface area (Å²) >= 11 is 9.26. The Bertz CT molecular complexity index is 978. The van der Waals surface area contributed by atoms with E-state index in [1.807, 2.05) is 46.3 Å². The molecule has 0 aliphatic heterocycles. The van der Waals surface area contributed by atoms with Gasteiger partial charge in [-0.05, 0) is 29.3 Å². The molecule has 4 aromatic rings. The van der Waals surface area contributed by atoms with Gasteiger partial charge in [0, 0.05) is 16.7 Å². The van der Waals surface area contributed by atoms with Gasteiger partial charge in [0.05, 0.1) is 10.6 Å². The average molecular weight is 373 g/mol. The second-order valence-corrected chi connectivity index (χ2v) is 7.66. The zero-order valence-electron chi connectivity index (χ0n) is 12.8. The molecule has 0 saturated heterocycles. The maximum atomic E-state index is 5.98. The molecule has 0 N–H and O–H groups in total. The third-order valence-corrected chi connectivity index (χ3v) is 5.31. The summed E-state index contributed by atoms with van der Waals surface area (Å²) in [6, 6.07) is 13.7. The van der Waals surface area contributed by atoms with Crippen molar-refractivity contribution in [1.82, 2.24) is 19.6 Å². The lowest BCUT2D eigenvalue weighted by Crippen LogP contribution is -2.01. The number of hydrogen-bond acceptors (Lipinski definition) is 5. The molecule has 0 radical (unpaired) electrons. The molecule has 4 nitrogen and oxygen atoms in total. The Morgan fingerprint density at radius 2 is 2.00 bits per heavy atom. The lowest BCUT2D eigenvalue weighted by atomic mass is 10.2. The summed E-state index contributed by atoms with van der Waals surface area (Å²) < 4.78 is 1.81. The van der Waals surface area contributed by atoms with Gasteiger partial charge in [-0.2, -0.15) is 9.61 Å². The molecule has 1 aromatic carbocycles. The van der Waals surface area contributed by atoms with E-state index in [2.05, 4.69) is 18.0 Å². The van der Waals surface area contributed by atoms with E-state index in [9.17, 15) is 0 Å². The van der Waals surface area contributed by atoms with Crippen LogP contribution in [0.25, 0.3) is 27.6 Å². The van der Waals surface area contributed by atoms with Crippen LogP contribution in [-0.4, -0.2) is 25.3 Å². The number of benzene rings is 1. The Kier molecular flexibility index (Phi) is 4.26. The highest BCUT2D eigenvalue weighted by Gasteiger charge is 2.14. The van der Waals surface area contributed by atoms with E-state index in [0.717, 1.165) is 38.5 Å². The van der Waals surface area contributed by atoms with E-state index in [1.165, 1.54) is 0 Å². The van der Waals surface area contributed by atoms with E-state index < -0.39 is 0 Å². The molecule has 0 bridgehead atoms. The Morgan fingerprint density at radius 1 is 1.17 bits per heavy atom. The van der Waals surface area contributed by atoms with Crippen LogP contribution in [0.2, 0.25) is 5.02 Å². The molecule has 0 fully saturated rings.